The second-order valence-electron chi connectivity index (χ2n) is 5.10. The van der Waals surface area contributed by atoms with Gasteiger partial charge in [0, 0.05) is 13.6 Å². The van der Waals surface area contributed by atoms with Crippen LogP contribution >= 0.6 is 11.3 Å². The van der Waals surface area contributed by atoms with Crippen molar-refractivity contribution in [2.75, 3.05) is 20.2 Å². The highest BCUT2D eigenvalue weighted by Gasteiger charge is 2.30. The van der Waals surface area contributed by atoms with Gasteiger partial charge in [0.25, 0.3) is 0 Å². The van der Waals surface area contributed by atoms with Gasteiger partial charge in [-0.15, -0.1) is 11.3 Å². The molecule has 5 heteroatoms. The summed E-state index contributed by atoms with van der Waals surface area (Å²) in [6.45, 7) is 3.53. The minimum atomic E-state index is 0.00476. The van der Waals surface area contributed by atoms with E-state index in [1.165, 1.54) is 0 Å². The Hall–Kier alpha value is -1.35. The molecule has 2 atom stereocenters. The first-order chi connectivity index (χ1) is 9.60. The number of thiophene rings is 1. The fraction of sp³-hybridized carbons (Fsp3) is 0.533. The lowest BCUT2D eigenvalue weighted by Crippen LogP contribution is -2.32. The summed E-state index contributed by atoms with van der Waals surface area (Å²) in [6, 6.07) is 2.02. The second-order valence-corrected chi connectivity index (χ2v) is 6.01. The van der Waals surface area contributed by atoms with E-state index in [4.69, 9.17) is 10.5 Å². The van der Waals surface area contributed by atoms with E-state index in [0.717, 1.165) is 16.9 Å². The Labute approximate surface area is 123 Å². The molecule has 1 fully saturated rings. The highest BCUT2D eigenvalue weighted by Crippen LogP contribution is 2.22. The van der Waals surface area contributed by atoms with Crippen LogP contribution in [0, 0.1) is 17.8 Å². The number of ether oxygens (including phenoxy) is 1. The molecule has 0 aromatic carbocycles. The molecule has 2 rings (SSSR count). The van der Waals surface area contributed by atoms with E-state index in [1.807, 2.05) is 25.4 Å². The molecule has 1 aliphatic rings. The number of rotatable bonds is 3. The summed E-state index contributed by atoms with van der Waals surface area (Å²) >= 11 is 1.58. The molecule has 1 saturated heterocycles. The van der Waals surface area contributed by atoms with Gasteiger partial charge in [-0.2, -0.15) is 0 Å². The number of nitrogens with two attached hydrogens (primary N) is 1. The molecule has 0 radical (unpaired) electrons. The highest BCUT2D eigenvalue weighted by molar-refractivity contribution is 7.10. The largest absolute Gasteiger partial charge is 0.378 e. The Morgan fingerprint density at radius 1 is 1.65 bits per heavy atom. The van der Waals surface area contributed by atoms with Crippen molar-refractivity contribution in [2.24, 2.45) is 11.7 Å². The van der Waals surface area contributed by atoms with Crippen LogP contribution in [0.3, 0.4) is 0 Å². The van der Waals surface area contributed by atoms with Gasteiger partial charge in [0.15, 0.2) is 0 Å². The topological polar surface area (TPSA) is 55.6 Å². The number of carbonyl (C=O) groups is 1. The van der Waals surface area contributed by atoms with Crippen LogP contribution in [-0.4, -0.2) is 37.1 Å². The average Bonchev–Trinajstić information content (AvgIpc) is 3.04. The molecule has 1 aromatic heterocycles. The zero-order valence-corrected chi connectivity index (χ0v) is 12.7. The van der Waals surface area contributed by atoms with E-state index < -0.39 is 0 Å². The monoisotopic (exact) mass is 292 g/mol. The predicted octanol–water partition coefficient (Wildman–Crippen LogP) is 1.44. The van der Waals surface area contributed by atoms with E-state index in [9.17, 15) is 4.79 Å². The van der Waals surface area contributed by atoms with Gasteiger partial charge in [-0.05, 0) is 30.4 Å². The van der Waals surface area contributed by atoms with Gasteiger partial charge in [0.2, 0.25) is 5.91 Å². The predicted molar refractivity (Wildman–Crippen MR) is 80.2 cm³/mol. The third kappa shape index (κ3) is 3.83. The van der Waals surface area contributed by atoms with E-state index in [2.05, 4.69) is 11.8 Å². The first kappa shape index (κ1) is 15.0. The average molecular weight is 292 g/mol. The van der Waals surface area contributed by atoms with Gasteiger partial charge in [-0.3, -0.25) is 4.79 Å². The van der Waals surface area contributed by atoms with Gasteiger partial charge >= 0.3 is 0 Å². The first-order valence-corrected chi connectivity index (χ1v) is 7.61. The molecular weight excluding hydrogens is 272 g/mol. The van der Waals surface area contributed by atoms with Gasteiger partial charge in [0.1, 0.15) is 0 Å². The van der Waals surface area contributed by atoms with Gasteiger partial charge in [0.05, 0.1) is 30.1 Å². The zero-order valence-electron chi connectivity index (χ0n) is 11.9. The van der Waals surface area contributed by atoms with Gasteiger partial charge in [-0.1, -0.05) is 11.8 Å². The smallest absolute Gasteiger partial charge is 0.228 e. The van der Waals surface area contributed by atoms with Crippen LogP contribution in [0.4, 0.5) is 0 Å². The molecule has 2 heterocycles. The SMILES string of the molecule is CC1CC(C(=O)N(C)Cc2csc(C#CCN)c2)CO1. The van der Waals surface area contributed by atoms with Crippen molar-refractivity contribution >= 4 is 17.2 Å². The third-order valence-corrected chi connectivity index (χ3v) is 4.21. The van der Waals surface area contributed by atoms with Crippen LogP contribution in [0.2, 0.25) is 0 Å². The summed E-state index contributed by atoms with van der Waals surface area (Å²) in [4.78, 5) is 15.0. The summed E-state index contributed by atoms with van der Waals surface area (Å²) in [5, 5.41) is 2.04. The summed E-state index contributed by atoms with van der Waals surface area (Å²) < 4.78 is 5.46. The Kier molecular flexibility index (Phi) is 5.18. The lowest BCUT2D eigenvalue weighted by Gasteiger charge is -2.19. The Bertz CT molecular complexity index is 529. The molecular formula is C15H20N2O2S. The molecule has 1 amide bonds. The van der Waals surface area contributed by atoms with Crippen molar-refractivity contribution in [2.45, 2.75) is 26.0 Å². The number of hydrogen-bond donors (Lipinski definition) is 1. The molecule has 1 aromatic rings. The molecule has 2 N–H and O–H groups in total. The maximum Gasteiger partial charge on any atom is 0.228 e. The fourth-order valence-electron chi connectivity index (χ4n) is 2.31. The molecule has 0 saturated carbocycles. The van der Waals surface area contributed by atoms with Crippen LogP contribution in [0.1, 0.15) is 23.8 Å². The second kappa shape index (κ2) is 6.89. The van der Waals surface area contributed by atoms with Crippen molar-refractivity contribution in [1.29, 1.82) is 0 Å². The molecule has 20 heavy (non-hydrogen) atoms. The van der Waals surface area contributed by atoms with E-state index in [0.29, 0.717) is 19.7 Å². The first-order valence-electron chi connectivity index (χ1n) is 6.73. The highest BCUT2D eigenvalue weighted by atomic mass is 32.1. The Morgan fingerprint density at radius 3 is 3.10 bits per heavy atom. The van der Waals surface area contributed by atoms with E-state index in [1.54, 1.807) is 16.2 Å². The molecule has 2 unspecified atom stereocenters. The standard InChI is InChI=1S/C15H20N2O2S/c1-11-6-13(9-19-11)15(18)17(2)8-12-7-14(20-10-12)4-3-5-16/h7,10-11,13H,5-6,8-9,16H2,1-2H3. The summed E-state index contributed by atoms with van der Waals surface area (Å²) in [6.07, 6.45) is 1.01. The van der Waals surface area contributed by atoms with Crippen molar-refractivity contribution in [3.63, 3.8) is 0 Å². The van der Waals surface area contributed by atoms with Crippen molar-refractivity contribution in [1.82, 2.24) is 4.90 Å². The van der Waals surface area contributed by atoms with Crippen LogP contribution < -0.4 is 5.73 Å². The van der Waals surface area contributed by atoms with Crippen LogP contribution in [0.25, 0.3) is 0 Å². The van der Waals surface area contributed by atoms with Gasteiger partial charge < -0.3 is 15.4 Å². The summed E-state index contributed by atoms with van der Waals surface area (Å²) in [5.41, 5.74) is 6.46. The van der Waals surface area contributed by atoms with Crippen molar-refractivity contribution < 1.29 is 9.53 Å². The Morgan fingerprint density at radius 2 is 2.45 bits per heavy atom. The van der Waals surface area contributed by atoms with Gasteiger partial charge in [-0.25, -0.2) is 0 Å². The maximum atomic E-state index is 12.3. The number of nitrogens with zero attached hydrogens (tertiary/aromatic N) is 1. The van der Waals surface area contributed by atoms with Crippen LogP contribution in [-0.2, 0) is 16.1 Å². The molecule has 1 aliphatic heterocycles. The summed E-state index contributed by atoms with van der Waals surface area (Å²) in [7, 11) is 1.84. The molecule has 0 bridgehead atoms. The van der Waals surface area contributed by atoms with Crippen molar-refractivity contribution in [3.8, 4) is 11.8 Å². The zero-order chi connectivity index (χ0) is 14.5. The molecule has 108 valence electrons. The van der Waals surface area contributed by atoms with E-state index >= 15 is 0 Å². The maximum absolute atomic E-state index is 12.3. The molecule has 0 spiro atoms. The van der Waals surface area contributed by atoms with Crippen LogP contribution in [0.15, 0.2) is 11.4 Å². The lowest BCUT2D eigenvalue weighted by molar-refractivity contribution is -0.134. The van der Waals surface area contributed by atoms with Crippen LogP contribution in [0.5, 0.6) is 0 Å². The lowest BCUT2D eigenvalue weighted by atomic mass is 10.0. The minimum Gasteiger partial charge on any atom is -0.378 e. The summed E-state index contributed by atoms with van der Waals surface area (Å²) in [5.74, 6) is 6.01. The minimum absolute atomic E-state index is 0.00476. The fourth-order valence-corrected chi connectivity index (χ4v) is 3.09. The van der Waals surface area contributed by atoms with E-state index in [-0.39, 0.29) is 17.9 Å². The number of hydrogen-bond acceptors (Lipinski definition) is 4. The normalized spacial score (nSPS) is 21.4. The number of carbonyl (C=O) groups excluding carboxylic acids is 1. The Balaban J connectivity index is 1.92. The quantitative estimate of drug-likeness (QED) is 0.858. The molecule has 0 aliphatic carbocycles. The molecule has 4 nitrogen and oxygen atoms in total. The number of amides is 1. The third-order valence-electron chi connectivity index (χ3n) is 3.31. The van der Waals surface area contributed by atoms with Crippen molar-refractivity contribution in [3.05, 3.63) is 21.9 Å².